The van der Waals surface area contributed by atoms with E-state index in [-0.39, 0.29) is 0 Å². The van der Waals surface area contributed by atoms with Gasteiger partial charge in [0.15, 0.2) is 0 Å². The SMILES string of the molecule is C=C(Nc1nccc(-c2ccc3c(c2)CCC3)c1C)c1n[nH]c2ccc(/C(C)=C/N=C(C)C)nc12.CC. The van der Waals surface area contributed by atoms with Crippen molar-refractivity contribution >= 4 is 33.8 Å². The molecule has 3 heterocycles. The second-order valence-electron chi connectivity index (χ2n) is 9.33. The van der Waals surface area contributed by atoms with Crippen molar-refractivity contribution < 1.29 is 0 Å². The summed E-state index contributed by atoms with van der Waals surface area (Å²) in [6.07, 6.45) is 7.28. The first-order valence-corrected chi connectivity index (χ1v) is 13.0. The fourth-order valence-corrected chi connectivity index (χ4v) is 4.54. The smallest absolute Gasteiger partial charge is 0.134 e. The van der Waals surface area contributed by atoms with E-state index >= 15 is 0 Å². The number of nitrogens with zero attached hydrogens (tertiary/aromatic N) is 4. The number of pyridine rings is 2. The van der Waals surface area contributed by atoms with Crippen LogP contribution in [0.15, 0.2) is 60.4 Å². The molecule has 1 aliphatic carbocycles. The summed E-state index contributed by atoms with van der Waals surface area (Å²) in [5.41, 5.74) is 12.2. The van der Waals surface area contributed by atoms with Gasteiger partial charge in [-0.1, -0.05) is 38.6 Å². The lowest BCUT2D eigenvalue weighted by Crippen LogP contribution is -2.04. The molecule has 1 aliphatic rings. The molecule has 0 bridgehead atoms. The highest BCUT2D eigenvalue weighted by atomic mass is 15.2. The summed E-state index contributed by atoms with van der Waals surface area (Å²) in [5, 5.41) is 10.9. The van der Waals surface area contributed by atoms with E-state index in [4.69, 9.17) is 4.98 Å². The number of hydrogen-bond donors (Lipinski definition) is 2. The second kappa shape index (κ2) is 11.3. The van der Waals surface area contributed by atoms with Gasteiger partial charge in [-0.25, -0.2) is 9.97 Å². The maximum Gasteiger partial charge on any atom is 0.134 e. The Morgan fingerprint density at radius 3 is 2.62 bits per heavy atom. The predicted molar refractivity (Wildman–Crippen MR) is 157 cm³/mol. The Balaban J connectivity index is 0.00000156. The van der Waals surface area contributed by atoms with Gasteiger partial charge in [0, 0.05) is 18.1 Å². The average Bonchev–Trinajstić information content (AvgIpc) is 3.56. The van der Waals surface area contributed by atoms with E-state index in [0.29, 0.717) is 11.4 Å². The van der Waals surface area contributed by atoms with E-state index in [1.165, 1.54) is 35.1 Å². The molecule has 0 fully saturated rings. The summed E-state index contributed by atoms with van der Waals surface area (Å²) in [6, 6.07) is 12.9. The van der Waals surface area contributed by atoms with Crippen LogP contribution in [0.1, 0.15) is 69.1 Å². The minimum absolute atomic E-state index is 0.645. The van der Waals surface area contributed by atoms with Gasteiger partial charge < -0.3 is 5.32 Å². The van der Waals surface area contributed by atoms with Crippen LogP contribution in [0, 0.1) is 6.92 Å². The van der Waals surface area contributed by atoms with Gasteiger partial charge in [0.2, 0.25) is 0 Å². The molecule has 0 saturated carbocycles. The minimum Gasteiger partial charge on any atom is -0.339 e. The number of H-pyrrole nitrogens is 1. The highest BCUT2D eigenvalue weighted by molar-refractivity contribution is 5.91. The lowest BCUT2D eigenvalue weighted by Gasteiger charge is -2.14. The summed E-state index contributed by atoms with van der Waals surface area (Å²) < 4.78 is 0. The van der Waals surface area contributed by atoms with Crippen molar-refractivity contribution in [3.05, 3.63) is 83.5 Å². The molecule has 0 spiro atoms. The number of hydrogen-bond acceptors (Lipinski definition) is 5. The Kier molecular flexibility index (Phi) is 7.97. The van der Waals surface area contributed by atoms with Crippen molar-refractivity contribution in [2.24, 2.45) is 4.99 Å². The summed E-state index contributed by atoms with van der Waals surface area (Å²) >= 11 is 0. The molecule has 5 rings (SSSR count). The molecule has 6 nitrogen and oxygen atoms in total. The van der Waals surface area contributed by atoms with Gasteiger partial charge in [0.1, 0.15) is 17.0 Å². The fraction of sp³-hybridized carbons (Fsp3) is 0.290. The van der Waals surface area contributed by atoms with Crippen molar-refractivity contribution in [2.75, 3.05) is 5.32 Å². The number of nitrogens with one attached hydrogen (secondary N) is 2. The number of aromatic amines is 1. The van der Waals surface area contributed by atoms with Crippen LogP contribution in [0.4, 0.5) is 5.82 Å². The van der Waals surface area contributed by atoms with Crippen LogP contribution < -0.4 is 5.32 Å². The van der Waals surface area contributed by atoms with E-state index in [1.807, 2.05) is 59.1 Å². The van der Waals surface area contributed by atoms with Gasteiger partial charge in [-0.2, -0.15) is 5.10 Å². The molecule has 0 amide bonds. The first kappa shape index (κ1) is 26.0. The summed E-state index contributed by atoms with van der Waals surface area (Å²) in [4.78, 5) is 13.8. The molecular weight excluding hydrogens is 456 g/mol. The number of aryl methyl sites for hydroxylation is 2. The third-order valence-corrected chi connectivity index (χ3v) is 6.50. The van der Waals surface area contributed by atoms with Gasteiger partial charge in [-0.05, 0) is 98.5 Å². The van der Waals surface area contributed by atoms with E-state index < -0.39 is 0 Å². The number of rotatable bonds is 6. The normalized spacial score (nSPS) is 12.5. The number of anilines is 1. The maximum atomic E-state index is 4.84. The molecule has 0 aliphatic heterocycles. The van der Waals surface area contributed by atoms with E-state index in [0.717, 1.165) is 45.8 Å². The van der Waals surface area contributed by atoms with Crippen LogP contribution in [-0.2, 0) is 12.8 Å². The molecule has 1 aromatic carbocycles. The average molecular weight is 493 g/mol. The fourth-order valence-electron chi connectivity index (χ4n) is 4.54. The molecule has 0 atom stereocenters. The minimum atomic E-state index is 0.645. The molecule has 0 unspecified atom stereocenters. The van der Waals surface area contributed by atoms with Crippen LogP contribution in [0.2, 0.25) is 0 Å². The van der Waals surface area contributed by atoms with Crippen LogP contribution in [0.5, 0.6) is 0 Å². The first-order chi connectivity index (χ1) is 17.9. The first-order valence-electron chi connectivity index (χ1n) is 13.0. The van der Waals surface area contributed by atoms with Crippen LogP contribution >= 0.6 is 0 Å². The number of aromatic nitrogens is 4. The lowest BCUT2D eigenvalue weighted by molar-refractivity contribution is 0.912. The zero-order valence-electron chi connectivity index (χ0n) is 22.7. The van der Waals surface area contributed by atoms with Gasteiger partial charge in [0.05, 0.1) is 16.9 Å². The topological polar surface area (TPSA) is 78.9 Å². The lowest BCUT2D eigenvalue weighted by atomic mass is 9.98. The van der Waals surface area contributed by atoms with Crippen LogP contribution in [0.3, 0.4) is 0 Å². The summed E-state index contributed by atoms with van der Waals surface area (Å²) in [7, 11) is 0. The summed E-state index contributed by atoms with van der Waals surface area (Å²) in [5.74, 6) is 0.768. The van der Waals surface area contributed by atoms with Crippen molar-refractivity contribution in [1.82, 2.24) is 20.2 Å². The van der Waals surface area contributed by atoms with Gasteiger partial charge >= 0.3 is 0 Å². The maximum absolute atomic E-state index is 4.84. The van der Waals surface area contributed by atoms with Gasteiger partial charge in [0.25, 0.3) is 0 Å². The highest BCUT2D eigenvalue weighted by Crippen LogP contribution is 2.32. The predicted octanol–water partition coefficient (Wildman–Crippen LogP) is 7.77. The quantitative estimate of drug-likeness (QED) is 0.270. The zero-order valence-corrected chi connectivity index (χ0v) is 22.7. The number of aliphatic imine (C=N–C) groups is 1. The van der Waals surface area contributed by atoms with Crippen molar-refractivity contribution in [2.45, 2.75) is 60.8 Å². The van der Waals surface area contributed by atoms with Crippen molar-refractivity contribution in [3.8, 4) is 11.1 Å². The number of fused-ring (bicyclic) bond motifs is 2. The molecule has 0 saturated heterocycles. The molecule has 2 N–H and O–H groups in total. The third kappa shape index (κ3) is 5.53. The zero-order chi connectivity index (χ0) is 26.5. The molecule has 0 radical (unpaired) electrons. The Morgan fingerprint density at radius 2 is 1.84 bits per heavy atom. The van der Waals surface area contributed by atoms with E-state index in [2.05, 4.69) is 63.3 Å². The van der Waals surface area contributed by atoms with E-state index in [9.17, 15) is 0 Å². The Hall–Kier alpha value is -4.06. The van der Waals surface area contributed by atoms with Gasteiger partial charge in [-0.3, -0.25) is 10.1 Å². The molecular formula is C31H36N6. The molecule has 37 heavy (non-hydrogen) atoms. The van der Waals surface area contributed by atoms with Crippen LogP contribution in [-0.4, -0.2) is 25.9 Å². The standard InChI is InChI=1S/C29H30N6.C2H6/c1-17(2)31-16-18(3)25-11-12-26-28(33-25)27(35-34-26)20(5)32-29-19(4)24(13-14-30-29)23-10-9-21-7-6-8-22(21)15-23;1-2/h9-16H,5-8H2,1-4H3,(H,30,32)(H,34,35);1-2H3/b18-16+;. The Morgan fingerprint density at radius 1 is 1.05 bits per heavy atom. The monoisotopic (exact) mass is 492 g/mol. The second-order valence-corrected chi connectivity index (χ2v) is 9.33. The molecule has 3 aromatic heterocycles. The summed E-state index contributed by atoms with van der Waals surface area (Å²) in [6.45, 7) is 16.3. The Labute approximate surface area is 219 Å². The van der Waals surface area contributed by atoms with Gasteiger partial charge in [-0.15, -0.1) is 0 Å². The van der Waals surface area contributed by atoms with Crippen molar-refractivity contribution in [1.29, 1.82) is 0 Å². The largest absolute Gasteiger partial charge is 0.339 e. The third-order valence-electron chi connectivity index (χ3n) is 6.50. The molecule has 190 valence electrons. The number of benzene rings is 1. The molecule has 4 aromatic rings. The highest BCUT2D eigenvalue weighted by Gasteiger charge is 2.16. The van der Waals surface area contributed by atoms with E-state index in [1.54, 1.807) is 0 Å². The molecule has 6 heteroatoms. The van der Waals surface area contributed by atoms with Crippen molar-refractivity contribution in [3.63, 3.8) is 0 Å². The Bertz CT molecular complexity index is 1500. The number of allylic oxidation sites excluding steroid dienone is 1. The van der Waals surface area contributed by atoms with Crippen LogP contribution in [0.25, 0.3) is 33.4 Å².